The SMILES string of the molecule is COC[C@@H](CC(=O)O)c1ccc(-c2ccccc2)c(CNc2ccc(C#N)cc2)c1. The second-order valence-corrected chi connectivity index (χ2v) is 7.08. The monoisotopic (exact) mass is 400 g/mol. The molecule has 152 valence electrons. The minimum Gasteiger partial charge on any atom is -0.481 e. The third-order valence-corrected chi connectivity index (χ3v) is 4.97. The Labute approximate surface area is 176 Å². The molecule has 0 aliphatic rings. The Hall–Kier alpha value is -3.62. The molecule has 0 spiro atoms. The van der Waals surface area contributed by atoms with Crippen LogP contribution < -0.4 is 5.32 Å². The van der Waals surface area contributed by atoms with E-state index in [9.17, 15) is 9.90 Å². The van der Waals surface area contributed by atoms with E-state index < -0.39 is 5.97 Å². The van der Waals surface area contributed by atoms with Gasteiger partial charge in [-0.25, -0.2) is 0 Å². The van der Waals surface area contributed by atoms with E-state index in [4.69, 9.17) is 10.00 Å². The number of carboxylic acid groups (broad SMARTS) is 1. The number of nitrogens with one attached hydrogen (secondary N) is 1. The highest BCUT2D eigenvalue weighted by molar-refractivity contribution is 5.70. The van der Waals surface area contributed by atoms with E-state index in [0.717, 1.165) is 27.9 Å². The predicted octanol–water partition coefficient (Wildman–Crippen LogP) is 5.04. The molecule has 0 aliphatic carbocycles. The fourth-order valence-electron chi connectivity index (χ4n) is 3.46. The molecule has 0 aromatic heterocycles. The molecule has 0 heterocycles. The van der Waals surface area contributed by atoms with Gasteiger partial charge in [0, 0.05) is 25.3 Å². The minimum absolute atomic E-state index is 0.0149. The molecular weight excluding hydrogens is 376 g/mol. The summed E-state index contributed by atoms with van der Waals surface area (Å²) in [6.07, 6.45) is 0.0149. The van der Waals surface area contributed by atoms with Crippen molar-refractivity contribution in [2.45, 2.75) is 18.9 Å². The Kier molecular flexibility index (Phi) is 7.20. The lowest BCUT2D eigenvalue weighted by atomic mass is 9.90. The van der Waals surface area contributed by atoms with Gasteiger partial charge in [0.2, 0.25) is 0 Å². The molecule has 0 unspecified atom stereocenters. The van der Waals surface area contributed by atoms with Crippen LogP contribution in [-0.4, -0.2) is 24.8 Å². The van der Waals surface area contributed by atoms with E-state index >= 15 is 0 Å². The number of hydrogen-bond donors (Lipinski definition) is 2. The Morgan fingerprint density at radius 2 is 1.83 bits per heavy atom. The van der Waals surface area contributed by atoms with Crippen molar-refractivity contribution in [3.63, 3.8) is 0 Å². The first kappa shape index (κ1) is 21.1. The summed E-state index contributed by atoms with van der Waals surface area (Å²) in [4.78, 5) is 11.3. The van der Waals surface area contributed by atoms with Crippen molar-refractivity contribution in [3.05, 3.63) is 89.5 Å². The highest BCUT2D eigenvalue weighted by Crippen LogP contribution is 2.29. The van der Waals surface area contributed by atoms with Gasteiger partial charge in [0.25, 0.3) is 0 Å². The van der Waals surface area contributed by atoms with E-state index in [1.165, 1.54) is 0 Å². The zero-order chi connectivity index (χ0) is 21.3. The number of ether oxygens (including phenoxy) is 1. The molecule has 0 bridgehead atoms. The number of carbonyl (C=O) groups is 1. The lowest BCUT2D eigenvalue weighted by molar-refractivity contribution is -0.137. The molecule has 0 amide bonds. The molecule has 3 rings (SSSR count). The van der Waals surface area contributed by atoms with E-state index in [-0.39, 0.29) is 12.3 Å². The second kappa shape index (κ2) is 10.2. The van der Waals surface area contributed by atoms with Crippen molar-refractivity contribution in [1.82, 2.24) is 0 Å². The van der Waals surface area contributed by atoms with Crippen LogP contribution in [0.15, 0.2) is 72.8 Å². The van der Waals surface area contributed by atoms with Gasteiger partial charge in [0.05, 0.1) is 24.7 Å². The van der Waals surface area contributed by atoms with Crippen LogP contribution in [0.1, 0.15) is 29.0 Å². The Balaban J connectivity index is 1.93. The molecule has 2 N–H and O–H groups in total. The maximum Gasteiger partial charge on any atom is 0.304 e. The van der Waals surface area contributed by atoms with E-state index in [1.54, 1.807) is 19.2 Å². The van der Waals surface area contributed by atoms with Crippen LogP contribution in [0.2, 0.25) is 0 Å². The summed E-state index contributed by atoms with van der Waals surface area (Å²) < 4.78 is 5.26. The normalized spacial score (nSPS) is 11.5. The van der Waals surface area contributed by atoms with Crippen LogP contribution >= 0.6 is 0 Å². The van der Waals surface area contributed by atoms with Crippen molar-refractivity contribution < 1.29 is 14.6 Å². The van der Waals surface area contributed by atoms with Crippen molar-refractivity contribution in [1.29, 1.82) is 5.26 Å². The summed E-state index contributed by atoms with van der Waals surface area (Å²) >= 11 is 0. The van der Waals surface area contributed by atoms with E-state index in [1.807, 2.05) is 42.5 Å². The van der Waals surface area contributed by atoms with Crippen LogP contribution in [0, 0.1) is 11.3 Å². The maximum atomic E-state index is 11.3. The summed E-state index contributed by atoms with van der Waals surface area (Å²) in [5, 5.41) is 21.6. The number of carboxylic acids is 1. The van der Waals surface area contributed by atoms with Crippen LogP contribution in [0.25, 0.3) is 11.1 Å². The summed E-state index contributed by atoms with van der Waals surface area (Å²) in [5.74, 6) is -1.06. The second-order valence-electron chi connectivity index (χ2n) is 7.08. The van der Waals surface area contributed by atoms with Gasteiger partial charge in [-0.15, -0.1) is 0 Å². The van der Waals surface area contributed by atoms with Gasteiger partial charge >= 0.3 is 5.97 Å². The van der Waals surface area contributed by atoms with Gasteiger partial charge in [-0.1, -0.05) is 48.5 Å². The molecule has 0 aliphatic heterocycles. The summed E-state index contributed by atoms with van der Waals surface area (Å²) in [7, 11) is 1.58. The average Bonchev–Trinajstić information content (AvgIpc) is 2.78. The highest BCUT2D eigenvalue weighted by atomic mass is 16.5. The number of nitriles is 1. The summed E-state index contributed by atoms with van der Waals surface area (Å²) in [5.41, 5.74) is 5.72. The topological polar surface area (TPSA) is 82.3 Å². The molecule has 0 radical (unpaired) electrons. The van der Waals surface area contributed by atoms with Crippen LogP contribution in [0.5, 0.6) is 0 Å². The largest absolute Gasteiger partial charge is 0.481 e. The fraction of sp³-hybridized carbons (Fsp3) is 0.200. The zero-order valence-electron chi connectivity index (χ0n) is 16.8. The molecule has 0 fully saturated rings. The fourth-order valence-corrected chi connectivity index (χ4v) is 3.46. The molecule has 0 saturated carbocycles. The molecule has 30 heavy (non-hydrogen) atoms. The maximum absolute atomic E-state index is 11.3. The first-order chi connectivity index (χ1) is 14.6. The Morgan fingerprint density at radius 1 is 1.10 bits per heavy atom. The Morgan fingerprint density at radius 3 is 2.47 bits per heavy atom. The first-order valence-electron chi connectivity index (χ1n) is 9.73. The van der Waals surface area contributed by atoms with Crippen molar-refractivity contribution in [3.8, 4) is 17.2 Å². The van der Waals surface area contributed by atoms with Gasteiger partial charge in [-0.3, -0.25) is 4.79 Å². The molecule has 5 heteroatoms. The van der Waals surface area contributed by atoms with Gasteiger partial charge in [-0.2, -0.15) is 5.26 Å². The van der Waals surface area contributed by atoms with Crippen LogP contribution in [0.4, 0.5) is 5.69 Å². The minimum atomic E-state index is -0.846. The zero-order valence-corrected chi connectivity index (χ0v) is 16.8. The number of anilines is 1. The lowest BCUT2D eigenvalue weighted by Crippen LogP contribution is -2.13. The van der Waals surface area contributed by atoms with Gasteiger partial charge in [0.15, 0.2) is 0 Å². The van der Waals surface area contributed by atoms with E-state index in [2.05, 4.69) is 29.6 Å². The Bertz CT molecular complexity index is 1020. The summed E-state index contributed by atoms with van der Waals surface area (Å²) in [6, 6.07) is 25.6. The summed E-state index contributed by atoms with van der Waals surface area (Å²) in [6.45, 7) is 0.913. The molecule has 1 atom stereocenters. The molecule has 0 saturated heterocycles. The van der Waals surface area contributed by atoms with Gasteiger partial charge in [-0.05, 0) is 46.5 Å². The number of benzene rings is 3. The first-order valence-corrected chi connectivity index (χ1v) is 9.73. The number of aliphatic carboxylic acids is 1. The molecular formula is C25H24N2O3. The highest BCUT2D eigenvalue weighted by Gasteiger charge is 2.17. The van der Waals surface area contributed by atoms with E-state index in [0.29, 0.717) is 18.7 Å². The molecule has 3 aromatic rings. The number of nitrogens with zero attached hydrogens (tertiary/aromatic N) is 1. The predicted molar refractivity (Wildman–Crippen MR) is 117 cm³/mol. The molecule has 3 aromatic carbocycles. The van der Waals surface area contributed by atoms with Crippen LogP contribution in [-0.2, 0) is 16.1 Å². The van der Waals surface area contributed by atoms with Gasteiger partial charge in [0.1, 0.15) is 0 Å². The average molecular weight is 400 g/mol. The molecule has 5 nitrogen and oxygen atoms in total. The van der Waals surface area contributed by atoms with Crippen LogP contribution in [0.3, 0.4) is 0 Å². The third-order valence-electron chi connectivity index (χ3n) is 4.97. The standard InChI is InChI=1S/C25H24N2O3/c1-30-17-22(14-25(28)29)20-9-12-24(19-5-3-2-4-6-19)21(13-20)16-27-23-10-7-18(15-26)8-11-23/h2-13,22,27H,14,16-17H2,1H3,(H,28,29)/t22-/m1/s1. The van der Waals surface area contributed by atoms with Crippen molar-refractivity contribution in [2.75, 3.05) is 19.0 Å². The van der Waals surface area contributed by atoms with Gasteiger partial charge < -0.3 is 15.2 Å². The number of methoxy groups -OCH3 is 1. The lowest BCUT2D eigenvalue weighted by Gasteiger charge is -2.19. The van der Waals surface area contributed by atoms with Crippen molar-refractivity contribution in [2.24, 2.45) is 0 Å². The van der Waals surface area contributed by atoms with Crippen molar-refractivity contribution >= 4 is 11.7 Å². The third kappa shape index (κ3) is 5.47. The number of hydrogen-bond acceptors (Lipinski definition) is 4. The number of rotatable bonds is 9. The smallest absolute Gasteiger partial charge is 0.304 e. The quantitative estimate of drug-likeness (QED) is 0.526.